The van der Waals surface area contributed by atoms with E-state index in [9.17, 15) is 9.32 Å². The Kier molecular flexibility index (Phi) is 4.97. The van der Waals surface area contributed by atoms with E-state index in [1.165, 1.54) is 0 Å². The summed E-state index contributed by atoms with van der Waals surface area (Å²) in [6, 6.07) is 7.72. The van der Waals surface area contributed by atoms with Gasteiger partial charge in [-0.3, -0.25) is 4.21 Å². The van der Waals surface area contributed by atoms with Crippen LogP contribution in [0, 0.1) is 12.3 Å². The van der Waals surface area contributed by atoms with Gasteiger partial charge in [0.25, 0.3) is 0 Å². The second-order valence-electron chi connectivity index (χ2n) is 7.02. The largest absolute Gasteiger partial charge is 0.389 e. The van der Waals surface area contributed by atoms with Gasteiger partial charge in [0.2, 0.25) is 0 Å². The monoisotopic (exact) mass is 282 g/mol. The van der Waals surface area contributed by atoms with E-state index in [1.807, 2.05) is 31.2 Å². The van der Waals surface area contributed by atoms with Gasteiger partial charge >= 0.3 is 0 Å². The first kappa shape index (κ1) is 16.4. The Labute approximate surface area is 119 Å². The van der Waals surface area contributed by atoms with Gasteiger partial charge in [-0.05, 0) is 44.7 Å². The van der Waals surface area contributed by atoms with Crippen LogP contribution < -0.4 is 0 Å². The van der Waals surface area contributed by atoms with Crippen molar-refractivity contribution in [2.45, 2.75) is 63.7 Å². The van der Waals surface area contributed by atoms with Crippen molar-refractivity contribution < 1.29 is 9.32 Å². The zero-order valence-corrected chi connectivity index (χ0v) is 13.7. The van der Waals surface area contributed by atoms with Gasteiger partial charge in [-0.2, -0.15) is 0 Å². The molecular formula is C16H26O2S. The average molecular weight is 282 g/mol. The van der Waals surface area contributed by atoms with Crippen LogP contribution in [0.25, 0.3) is 0 Å². The lowest BCUT2D eigenvalue weighted by Crippen LogP contribution is -2.41. The van der Waals surface area contributed by atoms with E-state index in [4.69, 9.17) is 0 Å². The molecule has 0 spiro atoms. The van der Waals surface area contributed by atoms with E-state index in [2.05, 4.69) is 20.8 Å². The van der Waals surface area contributed by atoms with E-state index < -0.39 is 16.4 Å². The van der Waals surface area contributed by atoms with E-state index >= 15 is 0 Å². The summed E-state index contributed by atoms with van der Waals surface area (Å²) in [5, 5.41) is 10.1. The van der Waals surface area contributed by atoms with E-state index in [-0.39, 0.29) is 10.7 Å². The highest BCUT2D eigenvalue weighted by molar-refractivity contribution is 7.85. The molecule has 0 aliphatic carbocycles. The molecule has 0 fully saturated rings. The highest BCUT2D eigenvalue weighted by Gasteiger charge is 2.35. The van der Waals surface area contributed by atoms with Gasteiger partial charge in [-0.25, -0.2) is 0 Å². The third-order valence-electron chi connectivity index (χ3n) is 3.10. The fourth-order valence-corrected chi connectivity index (χ4v) is 3.89. The van der Waals surface area contributed by atoms with E-state index in [0.29, 0.717) is 0 Å². The Morgan fingerprint density at radius 1 is 1.11 bits per heavy atom. The minimum atomic E-state index is -1.20. The van der Waals surface area contributed by atoms with Crippen LogP contribution in [0.4, 0.5) is 0 Å². The highest BCUT2D eigenvalue weighted by Crippen LogP contribution is 2.31. The Balaban J connectivity index is 3.05. The lowest BCUT2D eigenvalue weighted by Gasteiger charge is -2.33. The van der Waals surface area contributed by atoms with Gasteiger partial charge in [0.15, 0.2) is 0 Å². The first-order valence-electron chi connectivity index (χ1n) is 6.70. The maximum absolute atomic E-state index is 12.7. The van der Waals surface area contributed by atoms with Crippen molar-refractivity contribution in [2.24, 2.45) is 5.41 Å². The molecule has 2 atom stereocenters. The SMILES string of the molecule is Cc1ccc(S(=O)[C@@H](CC(C)(C)C)C(C)(C)O)cc1. The van der Waals surface area contributed by atoms with Gasteiger partial charge in [0, 0.05) is 4.90 Å². The van der Waals surface area contributed by atoms with Crippen molar-refractivity contribution in [1.82, 2.24) is 0 Å². The molecule has 2 nitrogen and oxygen atoms in total. The molecule has 3 heteroatoms. The van der Waals surface area contributed by atoms with Crippen molar-refractivity contribution >= 4 is 10.8 Å². The molecule has 1 aromatic rings. The Morgan fingerprint density at radius 3 is 1.95 bits per heavy atom. The van der Waals surface area contributed by atoms with Crippen LogP contribution in [0.3, 0.4) is 0 Å². The molecule has 1 N–H and O–H groups in total. The third kappa shape index (κ3) is 5.07. The molecule has 19 heavy (non-hydrogen) atoms. The van der Waals surface area contributed by atoms with Gasteiger partial charge in [-0.1, -0.05) is 38.5 Å². The number of rotatable bonds is 4. The molecule has 1 aromatic carbocycles. The quantitative estimate of drug-likeness (QED) is 0.914. The molecule has 0 saturated carbocycles. The average Bonchev–Trinajstić information content (AvgIpc) is 2.23. The van der Waals surface area contributed by atoms with Crippen molar-refractivity contribution in [3.05, 3.63) is 29.8 Å². The maximum atomic E-state index is 12.7. The summed E-state index contributed by atoms with van der Waals surface area (Å²) >= 11 is 0. The Hall–Kier alpha value is -0.670. The molecule has 0 amide bonds. The summed E-state index contributed by atoms with van der Waals surface area (Å²) in [4.78, 5) is 0.793. The van der Waals surface area contributed by atoms with Crippen LogP contribution >= 0.6 is 0 Å². The number of hydrogen-bond acceptors (Lipinski definition) is 2. The molecule has 0 aliphatic heterocycles. The number of aliphatic hydroxyl groups is 1. The Morgan fingerprint density at radius 2 is 1.58 bits per heavy atom. The third-order valence-corrected chi connectivity index (χ3v) is 5.09. The van der Waals surface area contributed by atoms with Gasteiger partial charge < -0.3 is 5.11 Å². The van der Waals surface area contributed by atoms with Gasteiger partial charge in [0.05, 0.1) is 21.7 Å². The molecular weight excluding hydrogens is 256 g/mol. The highest BCUT2D eigenvalue weighted by atomic mass is 32.2. The number of benzene rings is 1. The van der Waals surface area contributed by atoms with Crippen LogP contribution in [0.2, 0.25) is 0 Å². The normalized spacial score (nSPS) is 16.2. The molecule has 0 saturated heterocycles. The topological polar surface area (TPSA) is 37.3 Å². The van der Waals surface area contributed by atoms with Crippen LogP contribution in [0.1, 0.15) is 46.6 Å². The zero-order chi connectivity index (χ0) is 14.8. The van der Waals surface area contributed by atoms with Crippen LogP contribution in [0.15, 0.2) is 29.2 Å². The second-order valence-corrected chi connectivity index (χ2v) is 8.65. The van der Waals surface area contributed by atoms with E-state index in [0.717, 1.165) is 16.9 Å². The smallest absolute Gasteiger partial charge is 0.0738 e. The van der Waals surface area contributed by atoms with Crippen LogP contribution in [0.5, 0.6) is 0 Å². The minimum Gasteiger partial charge on any atom is -0.389 e. The molecule has 0 aromatic heterocycles. The molecule has 0 radical (unpaired) electrons. The van der Waals surface area contributed by atoms with Crippen molar-refractivity contribution in [1.29, 1.82) is 0 Å². The zero-order valence-electron chi connectivity index (χ0n) is 12.9. The lowest BCUT2D eigenvalue weighted by atomic mass is 9.86. The number of aryl methyl sites for hydroxylation is 1. The van der Waals surface area contributed by atoms with Crippen LogP contribution in [-0.2, 0) is 10.8 Å². The standard InChI is InChI=1S/C16H26O2S/c1-12-7-9-13(10-8-12)19(18)14(16(5,6)17)11-15(2,3)4/h7-10,14,17H,11H2,1-6H3/t14-,19?/m0/s1. The van der Waals surface area contributed by atoms with Crippen LogP contribution in [-0.4, -0.2) is 20.2 Å². The van der Waals surface area contributed by atoms with E-state index in [1.54, 1.807) is 13.8 Å². The summed E-state index contributed by atoms with van der Waals surface area (Å²) in [6.07, 6.45) is 0.719. The van der Waals surface area contributed by atoms with Crippen molar-refractivity contribution in [2.75, 3.05) is 0 Å². The van der Waals surface area contributed by atoms with Crippen molar-refractivity contribution in [3.63, 3.8) is 0 Å². The fourth-order valence-electron chi connectivity index (χ4n) is 1.98. The summed E-state index contributed by atoms with van der Waals surface area (Å²) in [6.45, 7) is 11.8. The maximum Gasteiger partial charge on any atom is 0.0738 e. The summed E-state index contributed by atoms with van der Waals surface area (Å²) < 4.78 is 12.7. The molecule has 0 bridgehead atoms. The first-order valence-corrected chi connectivity index (χ1v) is 7.91. The van der Waals surface area contributed by atoms with Gasteiger partial charge in [0.1, 0.15) is 0 Å². The predicted octanol–water partition coefficient (Wildman–Crippen LogP) is 3.68. The molecule has 0 aliphatic rings. The number of hydrogen-bond donors (Lipinski definition) is 1. The summed E-state index contributed by atoms with van der Waals surface area (Å²) in [7, 11) is -1.20. The molecule has 1 rings (SSSR count). The lowest BCUT2D eigenvalue weighted by molar-refractivity contribution is 0.0636. The molecule has 108 valence electrons. The molecule has 1 unspecified atom stereocenters. The first-order chi connectivity index (χ1) is 8.50. The van der Waals surface area contributed by atoms with Crippen molar-refractivity contribution in [3.8, 4) is 0 Å². The predicted molar refractivity (Wildman–Crippen MR) is 81.7 cm³/mol. The summed E-state index contributed by atoms with van der Waals surface area (Å²) in [5.41, 5.74) is 0.227. The van der Waals surface area contributed by atoms with Gasteiger partial charge in [-0.15, -0.1) is 0 Å². The second kappa shape index (κ2) is 5.76. The molecule has 0 heterocycles. The minimum absolute atomic E-state index is 0.0328. The fraction of sp³-hybridized carbons (Fsp3) is 0.625. The Bertz CT molecular complexity index is 435. The summed E-state index contributed by atoms with van der Waals surface area (Å²) in [5.74, 6) is 0.